The maximum atomic E-state index is 13.1. The fraction of sp³-hybridized carbons (Fsp3) is 0.300. The van der Waals surface area contributed by atoms with Gasteiger partial charge in [0.1, 0.15) is 5.92 Å². The van der Waals surface area contributed by atoms with Crippen molar-refractivity contribution in [2.75, 3.05) is 57.0 Å². The van der Waals surface area contributed by atoms with Crippen molar-refractivity contribution in [2.24, 2.45) is 4.99 Å². The number of halogens is 1. The molecule has 1 saturated heterocycles. The van der Waals surface area contributed by atoms with Crippen LogP contribution in [-0.2, 0) is 9.59 Å². The van der Waals surface area contributed by atoms with Crippen LogP contribution in [0.5, 0.6) is 0 Å². The van der Waals surface area contributed by atoms with Crippen LogP contribution < -0.4 is 10.2 Å². The molecule has 0 spiro atoms. The van der Waals surface area contributed by atoms with Gasteiger partial charge in [-0.3, -0.25) is 19.5 Å². The Morgan fingerprint density at radius 1 is 1.05 bits per heavy atom. The summed E-state index contributed by atoms with van der Waals surface area (Å²) >= 11 is 6.17. The molecule has 2 heterocycles. The molecule has 1 N–H and O–H groups in total. The lowest BCUT2D eigenvalue weighted by atomic mass is 9.90. The van der Waals surface area contributed by atoms with Crippen LogP contribution in [0.3, 0.4) is 0 Å². The highest BCUT2D eigenvalue weighted by molar-refractivity contribution is 6.31. The van der Waals surface area contributed by atoms with Crippen molar-refractivity contribution in [1.82, 2.24) is 9.80 Å². The van der Waals surface area contributed by atoms with E-state index in [1.165, 1.54) is 0 Å². The second-order valence-electron chi connectivity index (χ2n) is 10.0. The molecular formula is C30H32ClN5O2. The van der Waals surface area contributed by atoms with Gasteiger partial charge in [-0.05, 0) is 61.0 Å². The third-order valence-corrected chi connectivity index (χ3v) is 7.54. The van der Waals surface area contributed by atoms with E-state index in [1.807, 2.05) is 68.6 Å². The van der Waals surface area contributed by atoms with E-state index in [0.717, 1.165) is 54.2 Å². The van der Waals surface area contributed by atoms with Crippen molar-refractivity contribution >= 4 is 46.2 Å². The van der Waals surface area contributed by atoms with Crippen LogP contribution in [0.4, 0.5) is 17.1 Å². The maximum Gasteiger partial charge on any atom is 0.240 e. The molecule has 0 aromatic heterocycles. The molecule has 0 bridgehead atoms. The minimum Gasteiger partial charge on any atom is -0.325 e. The largest absolute Gasteiger partial charge is 0.325 e. The third kappa shape index (κ3) is 5.50. The van der Waals surface area contributed by atoms with Gasteiger partial charge in [0, 0.05) is 49.6 Å². The lowest BCUT2D eigenvalue weighted by Crippen LogP contribution is -2.48. The minimum atomic E-state index is -0.558. The van der Waals surface area contributed by atoms with Crippen LogP contribution in [0.15, 0.2) is 71.7 Å². The van der Waals surface area contributed by atoms with Gasteiger partial charge in [-0.1, -0.05) is 48.0 Å². The Morgan fingerprint density at radius 2 is 1.79 bits per heavy atom. The van der Waals surface area contributed by atoms with E-state index in [9.17, 15) is 9.59 Å². The van der Waals surface area contributed by atoms with Crippen LogP contribution in [0.1, 0.15) is 22.6 Å². The number of aryl methyl sites for hydroxylation is 1. The van der Waals surface area contributed by atoms with E-state index >= 15 is 0 Å². The number of aliphatic imine (C=N–C) groups is 1. The summed E-state index contributed by atoms with van der Waals surface area (Å²) in [6.45, 7) is 6.13. The molecule has 3 aromatic carbocycles. The van der Waals surface area contributed by atoms with E-state index in [4.69, 9.17) is 16.6 Å². The zero-order valence-corrected chi connectivity index (χ0v) is 22.7. The van der Waals surface area contributed by atoms with Gasteiger partial charge in [0.2, 0.25) is 11.8 Å². The third-order valence-electron chi connectivity index (χ3n) is 7.31. The number of benzene rings is 3. The molecule has 1 unspecified atom stereocenters. The lowest BCUT2D eigenvalue weighted by molar-refractivity contribution is -0.120. The number of rotatable bonds is 6. The number of piperazine rings is 1. The van der Waals surface area contributed by atoms with Gasteiger partial charge in [0.15, 0.2) is 0 Å². The average molecular weight is 530 g/mol. The normalized spacial score (nSPS) is 18.3. The molecule has 196 valence electrons. The minimum absolute atomic E-state index is 0.0665. The number of likely N-dealkylation sites (N-methyl/N-ethyl adjacent to an activating group) is 2. The van der Waals surface area contributed by atoms with Crippen LogP contribution in [0.2, 0.25) is 5.02 Å². The van der Waals surface area contributed by atoms with Crippen LogP contribution >= 0.6 is 11.6 Å². The molecular weight excluding hydrogens is 498 g/mol. The summed E-state index contributed by atoms with van der Waals surface area (Å²) in [6.07, 6.45) is 0. The van der Waals surface area contributed by atoms with Gasteiger partial charge in [0.25, 0.3) is 0 Å². The Morgan fingerprint density at radius 3 is 2.50 bits per heavy atom. The zero-order chi connectivity index (χ0) is 26.8. The predicted molar refractivity (Wildman–Crippen MR) is 154 cm³/mol. The summed E-state index contributed by atoms with van der Waals surface area (Å²) in [5.41, 5.74) is 5.61. The summed E-state index contributed by atoms with van der Waals surface area (Å²) < 4.78 is 0. The molecule has 1 fully saturated rings. The van der Waals surface area contributed by atoms with E-state index in [1.54, 1.807) is 17.0 Å². The van der Waals surface area contributed by atoms with Crippen molar-refractivity contribution in [3.05, 3.63) is 88.4 Å². The molecule has 5 rings (SSSR count). The number of carbonyl (C=O) groups excluding carboxylic acids is 2. The fourth-order valence-corrected chi connectivity index (χ4v) is 5.25. The summed E-state index contributed by atoms with van der Waals surface area (Å²) in [6, 6.07) is 21.0. The SMILES string of the molecule is Cc1cc(N=C(c2ccccc2)C2C(=O)Nc3cc(Cl)ccc32)ccc1N(C)C(=O)CN1CCN(C)CC1. The molecule has 2 aliphatic heterocycles. The first kappa shape index (κ1) is 26.1. The summed E-state index contributed by atoms with van der Waals surface area (Å²) in [5.74, 6) is -0.623. The molecule has 1 atom stereocenters. The van der Waals surface area contributed by atoms with E-state index in [0.29, 0.717) is 23.0 Å². The molecule has 7 nitrogen and oxygen atoms in total. The molecule has 0 radical (unpaired) electrons. The number of hydrogen-bond donors (Lipinski definition) is 1. The predicted octanol–water partition coefficient (Wildman–Crippen LogP) is 4.72. The van der Waals surface area contributed by atoms with Crippen molar-refractivity contribution in [3.63, 3.8) is 0 Å². The van der Waals surface area contributed by atoms with Gasteiger partial charge < -0.3 is 15.1 Å². The monoisotopic (exact) mass is 529 g/mol. The first-order valence-corrected chi connectivity index (χ1v) is 13.2. The van der Waals surface area contributed by atoms with Gasteiger partial charge >= 0.3 is 0 Å². The number of fused-ring (bicyclic) bond motifs is 1. The number of hydrogen-bond acceptors (Lipinski definition) is 5. The summed E-state index contributed by atoms with van der Waals surface area (Å²) in [5, 5.41) is 3.52. The topological polar surface area (TPSA) is 68.2 Å². The summed E-state index contributed by atoms with van der Waals surface area (Å²) in [4.78, 5) is 37.4. The van der Waals surface area contributed by atoms with Crippen LogP contribution in [0, 0.1) is 6.92 Å². The number of amides is 2. The quantitative estimate of drug-likeness (QED) is 0.469. The molecule has 0 saturated carbocycles. The smallest absolute Gasteiger partial charge is 0.240 e. The van der Waals surface area contributed by atoms with Crippen molar-refractivity contribution < 1.29 is 9.59 Å². The van der Waals surface area contributed by atoms with Crippen LogP contribution in [-0.4, -0.2) is 74.1 Å². The molecule has 0 aliphatic carbocycles. The van der Waals surface area contributed by atoms with E-state index in [2.05, 4.69) is 22.2 Å². The number of anilines is 2. The first-order valence-electron chi connectivity index (χ1n) is 12.8. The maximum absolute atomic E-state index is 13.1. The molecule has 38 heavy (non-hydrogen) atoms. The summed E-state index contributed by atoms with van der Waals surface area (Å²) in [7, 11) is 3.93. The van der Waals surface area contributed by atoms with E-state index < -0.39 is 5.92 Å². The zero-order valence-electron chi connectivity index (χ0n) is 21.9. The average Bonchev–Trinajstić information content (AvgIpc) is 3.23. The number of nitrogens with zero attached hydrogens (tertiary/aromatic N) is 4. The molecule has 3 aromatic rings. The van der Waals surface area contributed by atoms with Crippen molar-refractivity contribution in [1.29, 1.82) is 0 Å². The number of nitrogens with one attached hydrogen (secondary N) is 1. The number of carbonyl (C=O) groups is 2. The Labute approximate surface area is 228 Å². The van der Waals surface area contributed by atoms with E-state index in [-0.39, 0.29) is 11.8 Å². The van der Waals surface area contributed by atoms with Gasteiger partial charge in [-0.2, -0.15) is 0 Å². The molecule has 8 heteroatoms. The Hall–Kier alpha value is -3.52. The second kappa shape index (κ2) is 11.1. The molecule has 2 amide bonds. The van der Waals surface area contributed by atoms with Crippen molar-refractivity contribution in [3.8, 4) is 0 Å². The first-order chi connectivity index (χ1) is 18.3. The lowest BCUT2D eigenvalue weighted by Gasteiger charge is -2.33. The van der Waals surface area contributed by atoms with Crippen molar-refractivity contribution in [2.45, 2.75) is 12.8 Å². The van der Waals surface area contributed by atoms with Gasteiger partial charge in [-0.25, -0.2) is 0 Å². The highest BCUT2D eigenvalue weighted by atomic mass is 35.5. The van der Waals surface area contributed by atoms with Gasteiger partial charge in [-0.15, -0.1) is 0 Å². The highest BCUT2D eigenvalue weighted by Gasteiger charge is 2.35. The van der Waals surface area contributed by atoms with Crippen LogP contribution in [0.25, 0.3) is 0 Å². The van der Waals surface area contributed by atoms with Gasteiger partial charge in [0.05, 0.1) is 17.9 Å². The highest BCUT2D eigenvalue weighted by Crippen LogP contribution is 2.38. The standard InChI is InChI=1S/C30H32ClN5O2/c1-20-17-23(10-12-26(20)35(3)27(37)19-36-15-13-34(2)14-16-36)32-29(21-7-5-4-6-8-21)28-24-11-9-22(31)18-25(24)33-30(28)38/h4-12,17-18,28H,13-16,19H2,1-3H3,(H,33,38). The second-order valence-corrected chi connectivity index (χ2v) is 10.5. The Kier molecular flexibility index (Phi) is 7.61. The fourth-order valence-electron chi connectivity index (χ4n) is 5.07. The Bertz CT molecular complexity index is 1380. The Balaban J connectivity index is 1.43. The molecule has 2 aliphatic rings.